The topological polar surface area (TPSA) is 228 Å². The van der Waals surface area contributed by atoms with Gasteiger partial charge in [-0.25, -0.2) is 0 Å². The van der Waals surface area contributed by atoms with Gasteiger partial charge < -0.3 is 65.1 Å². The van der Waals surface area contributed by atoms with E-state index in [1.165, 1.54) is 109 Å². The molecule has 0 aromatic heterocycles. The summed E-state index contributed by atoms with van der Waals surface area (Å²) in [5, 5.41) is 87.5. The third kappa shape index (κ3) is 48.2. The average molecular weight is 1370 g/mol. The minimum Gasteiger partial charge on any atom is -0.394 e. The molecular formula is C84H137NO13. The number of carbonyl (C=O) groups excluding carboxylic acids is 1. The van der Waals surface area contributed by atoms with Gasteiger partial charge in [-0.3, -0.25) is 4.79 Å². The van der Waals surface area contributed by atoms with Gasteiger partial charge in [0.15, 0.2) is 12.6 Å². The summed E-state index contributed by atoms with van der Waals surface area (Å²) in [7, 11) is 0. The third-order valence-electron chi connectivity index (χ3n) is 17.4. The first-order valence-corrected chi connectivity index (χ1v) is 38.4. The molecule has 14 nitrogen and oxygen atoms in total. The summed E-state index contributed by atoms with van der Waals surface area (Å²) in [5.74, 6) is -0.291. The van der Waals surface area contributed by atoms with Gasteiger partial charge in [0.2, 0.25) is 5.91 Å². The summed E-state index contributed by atoms with van der Waals surface area (Å²) in [6.45, 7) is 2.64. The summed E-state index contributed by atoms with van der Waals surface area (Å²) < 4.78 is 22.8. The van der Waals surface area contributed by atoms with Crippen LogP contribution in [0.1, 0.15) is 258 Å². The van der Waals surface area contributed by atoms with Crippen LogP contribution >= 0.6 is 0 Å². The summed E-state index contributed by atoms with van der Waals surface area (Å²) in [6, 6.07) is -0.972. The highest BCUT2D eigenvalue weighted by Gasteiger charge is 2.51. The molecule has 0 bridgehead atoms. The SMILES string of the molecule is CC/C=C\C/C=C\C/C=C\C/C=C\C/C=C\C/C=C\C/C=C\C/C=C\C/C=C\C/C=C\C/C=C\CCCCCC(=O)NC(COC1OC(CO)C(OC2OC(CO)C(O)C(O)C2O)C(O)C1O)C(O)/C=C/CC/C=C/CC/C=C/CCCCCCCCCCCCCCCCCCC. The van der Waals surface area contributed by atoms with Crippen LogP contribution in [0.15, 0.2) is 170 Å². The highest BCUT2D eigenvalue weighted by atomic mass is 16.7. The zero-order valence-electron chi connectivity index (χ0n) is 60.7. The van der Waals surface area contributed by atoms with Gasteiger partial charge >= 0.3 is 0 Å². The van der Waals surface area contributed by atoms with E-state index in [4.69, 9.17) is 18.9 Å². The van der Waals surface area contributed by atoms with Crippen molar-refractivity contribution in [3.05, 3.63) is 170 Å². The lowest BCUT2D eigenvalue weighted by molar-refractivity contribution is -0.359. The number of nitrogens with one attached hydrogen (secondary N) is 1. The largest absolute Gasteiger partial charge is 0.394 e. The molecule has 2 aliphatic heterocycles. The lowest BCUT2D eigenvalue weighted by Gasteiger charge is -2.46. The van der Waals surface area contributed by atoms with Crippen molar-refractivity contribution in [1.82, 2.24) is 5.32 Å². The molecule has 98 heavy (non-hydrogen) atoms. The van der Waals surface area contributed by atoms with Crippen molar-refractivity contribution >= 4 is 5.91 Å². The second-order valence-corrected chi connectivity index (χ2v) is 26.0. The minimum absolute atomic E-state index is 0.218. The molecule has 12 atom stereocenters. The molecule has 2 heterocycles. The van der Waals surface area contributed by atoms with Gasteiger partial charge in [-0.15, -0.1) is 0 Å². The summed E-state index contributed by atoms with van der Waals surface area (Å²) in [5.41, 5.74) is 0. The molecule has 2 saturated heterocycles. The number of aliphatic hydroxyl groups is 8. The van der Waals surface area contributed by atoms with Gasteiger partial charge in [0.05, 0.1) is 32.0 Å². The second kappa shape index (κ2) is 65.6. The molecule has 2 fully saturated rings. The first-order valence-electron chi connectivity index (χ1n) is 38.4. The van der Waals surface area contributed by atoms with E-state index in [1.54, 1.807) is 6.08 Å². The molecule has 2 aliphatic rings. The van der Waals surface area contributed by atoms with Gasteiger partial charge in [-0.1, -0.05) is 293 Å². The maximum Gasteiger partial charge on any atom is 0.220 e. The van der Waals surface area contributed by atoms with E-state index < -0.39 is 86.8 Å². The van der Waals surface area contributed by atoms with Crippen LogP contribution in [-0.2, 0) is 23.7 Å². The highest BCUT2D eigenvalue weighted by Crippen LogP contribution is 2.30. The van der Waals surface area contributed by atoms with Gasteiger partial charge in [-0.2, -0.15) is 0 Å². The Morgan fingerprint density at radius 3 is 1.12 bits per heavy atom. The van der Waals surface area contributed by atoms with Crippen LogP contribution in [0, 0.1) is 0 Å². The maximum atomic E-state index is 13.3. The summed E-state index contributed by atoms with van der Waals surface area (Å²) >= 11 is 0. The van der Waals surface area contributed by atoms with Crippen LogP contribution in [0.5, 0.6) is 0 Å². The van der Waals surface area contributed by atoms with E-state index in [9.17, 15) is 45.6 Å². The molecule has 12 unspecified atom stereocenters. The molecule has 14 heteroatoms. The Balaban J connectivity index is 1.70. The fourth-order valence-electron chi connectivity index (χ4n) is 11.3. The molecular weight excluding hydrogens is 1230 g/mol. The van der Waals surface area contributed by atoms with Gasteiger partial charge in [-0.05, 0) is 128 Å². The van der Waals surface area contributed by atoms with Crippen molar-refractivity contribution in [3.63, 3.8) is 0 Å². The number of hydrogen-bond acceptors (Lipinski definition) is 13. The van der Waals surface area contributed by atoms with E-state index in [1.807, 2.05) is 6.08 Å². The van der Waals surface area contributed by atoms with E-state index >= 15 is 0 Å². The highest BCUT2D eigenvalue weighted by molar-refractivity contribution is 5.76. The third-order valence-corrected chi connectivity index (χ3v) is 17.4. The molecule has 2 rings (SSSR count). The molecule has 0 saturated carbocycles. The minimum atomic E-state index is -1.81. The van der Waals surface area contributed by atoms with Crippen LogP contribution in [-0.4, -0.2) is 140 Å². The zero-order valence-corrected chi connectivity index (χ0v) is 60.7. The molecule has 9 N–H and O–H groups in total. The van der Waals surface area contributed by atoms with Crippen LogP contribution in [0.2, 0.25) is 0 Å². The number of aliphatic hydroxyl groups excluding tert-OH is 8. The van der Waals surface area contributed by atoms with E-state index in [0.29, 0.717) is 12.8 Å². The van der Waals surface area contributed by atoms with Crippen LogP contribution in [0.25, 0.3) is 0 Å². The van der Waals surface area contributed by atoms with Crippen LogP contribution < -0.4 is 5.32 Å². The Morgan fingerprint density at radius 2 is 0.714 bits per heavy atom. The van der Waals surface area contributed by atoms with Crippen molar-refractivity contribution in [2.45, 2.75) is 331 Å². The standard InChI is InChI=1S/C84H137NO13/c1-3-5-7-9-11-13-15-17-19-21-23-25-27-29-31-32-33-34-35-36-37-38-39-40-42-44-46-48-50-52-54-56-58-60-62-64-66-68-76(89)85-72(71-95-83-81(94)79(92)82(75(70-87)97-83)98-84-80(93)78(91)77(90)74(69-86)96-84)73(88)67-65-63-61-59-57-55-53-51-49-47-45-43-41-30-28-26-24-22-20-18-16-14-12-10-8-6-4-2/h5,7,11,13,17,19,23,25,29,31,33-34,36-37,39-40,44,46,49-52,56-59,65,67,72-75,77-84,86-88,90-94H,3-4,6,8-10,12,14-16,18,20-22,24,26-28,30,32,35,38,41-43,45,47-48,53-55,60-64,66,68-71H2,1-2H3,(H,85,89)/b7-5-,13-11-,19-17-,25-23-,31-29-,34-33-,37-36-,40-39-,46-44-,51-49+,52-50-,58-56-,59-57+,67-65+. The monoisotopic (exact) mass is 1370 g/mol. The predicted molar refractivity (Wildman–Crippen MR) is 405 cm³/mol. The Morgan fingerprint density at radius 1 is 0.378 bits per heavy atom. The molecule has 0 spiro atoms. The Hall–Kier alpha value is -4.65. The lowest BCUT2D eigenvalue weighted by atomic mass is 9.97. The number of carbonyl (C=O) groups is 1. The van der Waals surface area contributed by atoms with E-state index in [-0.39, 0.29) is 18.9 Å². The number of hydrogen-bond donors (Lipinski definition) is 9. The molecule has 1 amide bonds. The van der Waals surface area contributed by atoms with Gasteiger partial charge in [0.1, 0.15) is 48.8 Å². The zero-order chi connectivity index (χ0) is 70.8. The number of rotatable bonds is 61. The van der Waals surface area contributed by atoms with Crippen molar-refractivity contribution in [2.75, 3.05) is 19.8 Å². The van der Waals surface area contributed by atoms with Crippen molar-refractivity contribution in [1.29, 1.82) is 0 Å². The fraction of sp³-hybridized carbons (Fsp3) is 0.655. The van der Waals surface area contributed by atoms with Crippen molar-refractivity contribution < 1.29 is 64.6 Å². The van der Waals surface area contributed by atoms with Gasteiger partial charge in [0.25, 0.3) is 0 Å². The maximum absolute atomic E-state index is 13.3. The van der Waals surface area contributed by atoms with Crippen LogP contribution in [0.4, 0.5) is 0 Å². The smallest absolute Gasteiger partial charge is 0.220 e. The number of ether oxygens (including phenoxy) is 4. The van der Waals surface area contributed by atoms with Gasteiger partial charge in [0, 0.05) is 6.42 Å². The number of unbranched alkanes of at least 4 members (excludes halogenated alkanes) is 22. The Bertz CT molecular complexity index is 2310. The number of amides is 1. The van der Waals surface area contributed by atoms with E-state index in [0.717, 1.165) is 116 Å². The molecule has 0 aliphatic carbocycles. The lowest BCUT2D eigenvalue weighted by Crippen LogP contribution is -2.65. The fourth-order valence-corrected chi connectivity index (χ4v) is 11.3. The van der Waals surface area contributed by atoms with Crippen molar-refractivity contribution in [2.24, 2.45) is 0 Å². The predicted octanol–water partition coefficient (Wildman–Crippen LogP) is 17.1. The molecule has 0 aromatic rings. The molecule has 0 radical (unpaired) electrons. The Kier molecular flexibility index (Phi) is 59.9. The van der Waals surface area contributed by atoms with Crippen molar-refractivity contribution in [3.8, 4) is 0 Å². The molecule has 0 aromatic carbocycles. The molecule has 556 valence electrons. The average Bonchev–Trinajstić information content (AvgIpc) is 0.793. The first kappa shape index (κ1) is 89.4. The second-order valence-electron chi connectivity index (χ2n) is 26.0. The summed E-state index contributed by atoms with van der Waals surface area (Å²) in [4.78, 5) is 13.3. The van der Waals surface area contributed by atoms with E-state index in [2.05, 4.69) is 177 Å². The first-order chi connectivity index (χ1) is 48.1. The summed E-state index contributed by atoms with van der Waals surface area (Å²) in [6.07, 6.45) is 85.6. The Labute approximate surface area is 594 Å². The quantitative estimate of drug-likeness (QED) is 0.0204. The number of allylic oxidation sites excluding steroid dienone is 27. The van der Waals surface area contributed by atoms with Crippen LogP contribution in [0.3, 0.4) is 0 Å². The normalized spacial score (nSPS) is 23.0.